The van der Waals surface area contributed by atoms with Gasteiger partial charge in [0.1, 0.15) is 0 Å². The quantitative estimate of drug-likeness (QED) is 0.822. The number of nitrogen functional groups attached to an aromatic ring is 1. The average Bonchev–Trinajstić information content (AvgIpc) is 2.62. The lowest BCUT2D eigenvalue weighted by Crippen LogP contribution is -2.44. The molecule has 4 nitrogen and oxygen atoms in total. The highest BCUT2D eigenvalue weighted by molar-refractivity contribution is 5.55. The summed E-state index contributed by atoms with van der Waals surface area (Å²) >= 11 is 0. The van der Waals surface area contributed by atoms with Crippen molar-refractivity contribution in [2.45, 2.75) is 26.5 Å². The third-order valence-corrected chi connectivity index (χ3v) is 4.55. The van der Waals surface area contributed by atoms with Crippen LogP contribution >= 0.6 is 0 Å². The zero-order valence-electron chi connectivity index (χ0n) is 14.5. The summed E-state index contributed by atoms with van der Waals surface area (Å²) in [6.45, 7) is 7.97. The first-order valence-corrected chi connectivity index (χ1v) is 8.67. The molecule has 0 amide bonds. The number of rotatable bonds is 5. The van der Waals surface area contributed by atoms with Crippen LogP contribution in [0.1, 0.15) is 19.4 Å². The van der Waals surface area contributed by atoms with E-state index in [0.29, 0.717) is 12.0 Å². The number of benzene rings is 2. The molecule has 2 aromatic rings. The van der Waals surface area contributed by atoms with E-state index in [2.05, 4.69) is 60.5 Å². The molecule has 1 aliphatic heterocycles. The van der Waals surface area contributed by atoms with Crippen molar-refractivity contribution in [1.82, 2.24) is 0 Å². The van der Waals surface area contributed by atoms with Crippen molar-refractivity contribution in [3.05, 3.63) is 54.1 Å². The van der Waals surface area contributed by atoms with Gasteiger partial charge >= 0.3 is 0 Å². The molecule has 0 aliphatic carbocycles. The summed E-state index contributed by atoms with van der Waals surface area (Å²) in [4.78, 5) is 2.41. The molecule has 128 valence electrons. The van der Waals surface area contributed by atoms with E-state index in [4.69, 9.17) is 10.5 Å². The summed E-state index contributed by atoms with van der Waals surface area (Å²) < 4.78 is 5.85. The Balaban J connectivity index is 1.57. The van der Waals surface area contributed by atoms with Gasteiger partial charge in [0.2, 0.25) is 0 Å². The Bertz CT molecular complexity index is 637. The summed E-state index contributed by atoms with van der Waals surface area (Å²) in [6, 6.07) is 16.6. The van der Waals surface area contributed by atoms with Gasteiger partial charge in [-0.15, -0.1) is 0 Å². The first kappa shape index (κ1) is 16.7. The first-order valence-electron chi connectivity index (χ1n) is 8.67. The zero-order chi connectivity index (χ0) is 16.9. The standard InChI is InChI=1S/C20H27N3O/c1-15(2)20-14-23(11-12-24-20)19-9-7-18(8-10-19)22-13-16-3-5-17(21)6-4-16/h3-10,15,20,22H,11-14,21H2,1-2H3. The Labute approximate surface area is 144 Å². The molecule has 0 aromatic heterocycles. The third kappa shape index (κ3) is 4.20. The fourth-order valence-electron chi connectivity index (χ4n) is 2.94. The number of morpholine rings is 1. The molecule has 4 heteroatoms. The molecule has 1 atom stereocenters. The molecule has 0 spiro atoms. The number of ether oxygens (including phenoxy) is 1. The molecule has 0 saturated carbocycles. The molecule has 1 saturated heterocycles. The third-order valence-electron chi connectivity index (χ3n) is 4.55. The molecule has 3 rings (SSSR count). The van der Waals surface area contributed by atoms with Gasteiger partial charge in [-0.05, 0) is 47.9 Å². The van der Waals surface area contributed by atoms with Gasteiger partial charge < -0.3 is 20.7 Å². The lowest BCUT2D eigenvalue weighted by Gasteiger charge is -2.36. The van der Waals surface area contributed by atoms with Crippen LogP contribution in [0.5, 0.6) is 0 Å². The Morgan fingerprint density at radius 1 is 1.12 bits per heavy atom. The minimum Gasteiger partial charge on any atom is -0.399 e. The van der Waals surface area contributed by atoms with Gasteiger partial charge in [-0.1, -0.05) is 26.0 Å². The minimum atomic E-state index is 0.321. The van der Waals surface area contributed by atoms with Crippen molar-refractivity contribution >= 4 is 17.1 Å². The van der Waals surface area contributed by atoms with Gasteiger partial charge in [-0.3, -0.25) is 0 Å². The van der Waals surface area contributed by atoms with Crippen molar-refractivity contribution < 1.29 is 4.74 Å². The number of hydrogen-bond donors (Lipinski definition) is 2. The second kappa shape index (κ2) is 7.58. The van der Waals surface area contributed by atoms with E-state index in [-0.39, 0.29) is 0 Å². The lowest BCUT2D eigenvalue weighted by molar-refractivity contribution is 0.0114. The number of hydrogen-bond acceptors (Lipinski definition) is 4. The monoisotopic (exact) mass is 325 g/mol. The van der Waals surface area contributed by atoms with Gasteiger partial charge in [0.25, 0.3) is 0 Å². The smallest absolute Gasteiger partial charge is 0.0773 e. The fraction of sp³-hybridized carbons (Fsp3) is 0.400. The molecule has 24 heavy (non-hydrogen) atoms. The van der Waals surface area contributed by atoms with Gasteiger partial charge in [-0.25, -0.2) is 0 Å². The van der Waals surface area contributed by atoms with Crippen LogP contribution in [0.15, 0.2) is 48.5 Å². The average molecular weight is 325 g/mol. The van der Waals surface area contributed by atoms with E-state index < -0.39 is 0 Å². The van der Waals surface area contributed by atoms with Crippen molar-refractivity contribution in [2.75, 3.05) is 35.6 Å². The van der Waals surface area contributed by atoms with Crippen LogP contribution in [-0.2, 0) is 11.3 Å². The zero-order valence-corrected chi connectivity index (χ0v) is 14.5. The Kier molecular flexibility index (Phi) is 5.26. The highest BCUT2D eigenvalue weighted by atomic mass is 16.5. The molecule has 1 unspecified atom stereocenters. The van der Waals surface area contributed by atoms with Gasteiger partial charge in [0, 0.05) is 36.7 Å². The fourth-order valence-corrected chi connectivity index (χ4v) is 2.94. The van der Waals surface area contributed by atoms with Crippen LogP contribution < -0.4 is 16.0 Å². The summed E-state index contributed by atoms with van der Waals surface area (Å²) in [5.74, 6) is 0.550. The number of anilines is 3. The van der Waals surface area contributed by atoms with E-state index in [9.17, 15) is 0 Å². The maximum atomic E-state index is 5.85. The molecule has 1 fully saturated rings. The molecule has 3 N–H and O–H groups in total. The molecule has 0 radical (unpaired) electrons. The Hall–Kier alpha value is -2.20. The summed E-state index contributed by atoms with van der Waals surface area (Å²) in [6.07, 6.45) is 0.321. The maximum absolute atomic E-state index is 5.85. The number of nitrogens with two attached hydrogens (primary N) is 1. The summed E-state index contributed by atoms with van der Waals surface area (Å²) in [7, 11) is 0. The topological polar surface area (TPSA) is 50.5 Å². The Morgan fingerprint density at radius 3 is 2.50 bits per heavy atom. The highest BCUT2D eigenvalue weighted by Crippen LogP contribution is 2.23. The second-order valence-corrected chi connectivity index (χ2v) is 6.74. The molecule has 1 heterocycles. The predicted molar refractivity (Wildman–Crippen MR) is 101 cm³/mol. The van der Waals surface area contributed by atoms with Crippen molar-refractivity contribution in [1.29, 1.82) is 0 Å². The lowest BCUT2D eigenvalue weighted by atomic mass is 10.1. The number of nitrogens with zero attached hydrogens (tertiary/aromatic N) is 1. The summed E-state index contributed by atoms with van der Waals surface area (Å²) in [5.41, 5.74) is 10.1. The van der Waals surface area contributed by atoms with Crippen LogP contribution in [-0.4, -0.2) is 25.8 Å². The Morgan fingerprint density at radius 2 is 1.83 bits per heavy atom. The van der Waals surface area contributed by atoms with Crippen LogP contribution in [0.2, 0.25) is 0 Å². The highest BCUT2D eigenvalue weighted by Gasteiger charge is 2.23. The molecule has 0 bridgehead atoms. The maximum Gasteiger partial charge on any atom is 0.0773 e. The van der Waals surface area contributed by atoms with Crippen molar-refractivity contribution in [3.8, 4) is 0 Å². The van der Waals surface area contributed by atoms with Crippen LogP contribution in [0.3, 0.4) is 0 Å². The SMILES string of the molecule is CC(C)C1CN(c2ccc(NCc3ccc(N)cc3)cc2)CCO1. The van der Waals surface area contributed by atoms with Crippen molar-refractivity contribution in [2.24, 2.45) is 5.92 Å². The summed E-state index contributed by atoms with van der Waals surface area (Å²) in [5, 5.41) is 3.45. The van der Waals surface area contributed by atoms with Crippen LogP contribution in [0.4, 0.5) is 17.1 Å². The second-order valence-electron chi connectivity index (χ2n) is 6.74. The van der Waals surface area contributed by atoms with Gasteiger partial charge in [0.15, 0.2) is 0 Å². The van der Waals surface area contributed by atoms with Gasteiger partial charge in [0.05, 0.1) is 12.7 Å². The number of nitrogens with one attached hydrogen (secondary N) is 1. The van der Waals surface area contributed by atoms with E-state index >= 15 is 0 Å². The van der Waals surface area contributed by atoms with E-state index in [1.165, 1.54) is 11.3 Å². The van der Waals surface area contributed by atoms with Crippen molar-refractivity contribution in [3.63, 3.8) is 0 Å². The van der Waals surface area contributed by atoms with E-state index in [1.807, 2.05) is 12.1 Å². The molecular weight excluding hydrogens is 298 g/mol. The largest absolute Gasteiger partial charge is 0.399 e. The molecule has 1 aliphatic rings. The van der Waals surface area contributed by atoms with E-state index in [0.717, 1.165) is 37.6 Å². The van der Waals surface area contributed by atoms with Gasteiger partial charge in [-0.2, -0.15) is 0 Å². The normalized spacial score (nSPS) is 18.0. The first-order chi connectivity index (χ1) is 11.6. The van der Waals surface area contributed by atoms with E-state index in [1.54, 1.807) is 0 Å². The minimum absolute atomic E-state index is 0.321. The molecule has 2 aromatic carbocycles. The van der Waals surface area contributed by atoms with Crippen LogP contribution in [0, 0.1) is 5.92 Å². The van der Waals surface area contributed by atoms with Crippen LogP contribution in [0.25, 0.3) is 0 Å². The predicted octanol–water partition coefficient (Wildman–Crippen LogP) is 3.74. The molecular formula is C20H27N3O.